The number of nitrogens with two attached hydrogens (primary N) is 1. The standard InChI is InChI=1S/C5H4FN5/c6-4-3-5(9-1-8-4)11(7)2-10-3/h1-2H,7H2. The molecule has 2 heterocycles. The van der Waals surface area contributed by atoms with Crippen LogP contribution in [0.25, 0.3) is 11.2 Å². The predicted molar refractivity (Wildman–Crippen MR) is 35.4 cm³/mol. The number of fused-ring (bicyclic) bond motifs is 1. The van der Waals surface area contributed by atoms with Crippen LogP contribution in [0.5, 0.6) is 0 Å². The van der Waals surface area contributed by atoms with E-state index in [1.807, 2.05) is 0 Å². The molecule has 0 bridgehead atoms. The van der Waals surface area contributed by atoms with Gasteiger partial charge in [0.05, 0.1) is 0 Å². The summed E-state index contributed by atoms with van der Waals surface area (Å²) >= 11 is 0. The molecule has 0 fully saturated rings. The summed E-state index contributed by atoms with van der Waals surface area (Å²) < 4.78 is 13.9. The zero-order chi connectivity index (χ0) is 7.84. The monoisotopic (exact) mass is 153 g/mol. The highest BCUT2D eigenvalue weighted by Gasteiger charge is 2.06. The highest BCUT2D eigenvalue weighted by atomic mass is 19.1. The molecule has 2 rings (SSSR count). The Morgan fingerprint density at radius 2 is 2.18 bits per heavy atom. The van der Waals surface area contributed by atoms with Crippen molar-refractivity contribution in [2.24, 2.45) is 0 Å². The van der Waals surface area contributed by atoms with Crippen molar-refractivity contribution >= 4 is 11.2 Å². The highest BCUT2D eigenvalue weighted by molar-refractivity contribution is 5.69. The summed E-state index contributed by atoms with van der Waals surface area (Å²) in [4.78, 5) is 10.7. The van der Waals surface area contributed by atoms with Crippen LogP contribution in [0.3, 0.4) is 0 Å². The molecule has 0 saturated heterocycles. The van der Waals surface area contributed by atoms with Crippen molar-refractivity contribution in [2.45, 2.75) is 0 Å². The molecule has 0 amide bonds. The topological polar surface area (TPSA) is 69.6 Å². The lowest BCUT2D eigenvalue weighted by Crippen LogP contribution is -2.06. The molecule has 2 aromatic heterocycles. The first-order valence-corrected chi connectivity index (χ1v) is 2.87. The number of hydrogen-bond donors (Lipinski definition) is 1. The fourth-order valence-electron chi connectivity index (χ4n) is 0.823. The molecular weight excluding hydrogens is 149 g/mol. The van der Waals surface area contributed by atoms with Crippen molar-refractivity contribution in [2.75, 3.05) is 5.84 Å². The molecule has 0 aliphatic heterocycles. The Morgan fingerprint density at radius 3 is 2.91 bits per heavy atom. The fourth-order valence-corrected chi connectivity index (χ4v) is 0.823. The van der Waals surface area contributed by atoms with E-state index in [1.54, 1.807) is 0 Å². The lowest BCUT2D eigenvalue weighted by Gasteiger charge is -1.90. The molecule has 0 aliphatic carbocycles. The third-order valence-corrected chi connectivity index (χ3v) is 1.31. The van der Waals surface area contributed by atoms with Gasteiger partial charge in [0.25, 0.3) is 0 Å². The van der Waals surface area contributed by atoms with Gasteiger partial charge in [0.2, 0.25) is 5.95 Å². The number of aromatic nitrogens is 4. The van der Waals surface area contributed by atoms with Crippen molar-refractivity contribution in [1.82, 2.24) is 19.6 Å². The van der Waals surface area contributed by atoms with Crippen LogP contribution in [0.15, 0.2) is 12.7 Å². The van der Waals surface area contributed by atoms with Gasteiger partial charge in [-0.05, 0) is 0 Å². The summed E-state index contributed by atoms with van der Waals surface area (Å²) in [6.45, 7) is 0. The van der Waals surface area contributed by atoms with Gasteiger partial charge in [0, 0.05) is 0 Å². The van der Waals surface area contributed by atoms with Crippen LogP contribution in [-0.2, 0) is 0 Å². The molecule has 5 nitrogen and oxygen atoms in total. The average Bonchev–Trinajstić information content (AvgIpc) is 2.35. The molecule has 0 unspecified atom stereocenters. The molecule has 0 radical (unpaired) electrons. The molecule has 56 valence electrons. The Kier molecular flexibility index (Phi) is 1.03. The summed E-state index contributed by atoms with van der Waals surface area (Å²) in [5, 5.41) is 0. The van der Waals surface area contributed by atoms with Crippen molar-refractivity contribution in [3.8, 4) is 0 Å². The summed E-state index contributed by atoms with van der Waals surface area (Å²) in [6.07, 6.45) is 2.38. The maximum atomic E-state index is 12.7. The zero-order valence-corrected chi connectivity index (χ0v) is 5.40. The molecule has 0 saturated carbocycles. The van der Waals surface area contributed by atoms with E-state index in [4.69, 9.17) is 5.84 Å². The Balaban J connectivity index is 2.94. The van der Waals surface area contributed by atoms with Gasteiger partial charge in [-0.1, -0.05) is 0 Å². The van der Waals surface area contributed by atoms with Crippen molar-refractivity contribution in [1.29, 1.82) is 0 Å². The van der Waals surface area contributed by atoms with Crippen LogP contribution < -0.4 is 5.84 Å². The maximum Gasteiger partial charge on any atom is 0.244 e. The molecular formula is C5H4FN5. The fraction of sp³-hybridized carbons (Fsp3) is 0. The van der Waals surface area contributed by atoms with E-state index in [9.17, 15) is 4.39 Å². The Bertz CT molecular complexity index is 395. The van der Waals surface area contributed by atoms with Gasteiger partial charge in [-0.15, -0.1) is 0 Å². The van der Waals surface area contributed by atoms with E-state index in [1.165, 1.54) is 6.33 Å². The van der Waals surface area contributed by atoms with E-state index in [0.717, 1.165) is 11.0 Å². The third kappa shape index (κ3) is 0.721. The predicted octanol–water partition coefficient (Wildman–Crippen LogP) is -0.321. The zero-order valence-electron chi connectivity index (χ0n) is 5.40. The lowest BCUT2D eigenvalue weighted by molar-refractivity contribution is 0.591. The summed E-state index contributed by atoms with van der Waals surface area (Å²) in [7, 11) is 0. The number of nitrogens with zero attached hydrogens (tertiary/aromatic N) is 4. The van der Waals surface area contributed by atoms with Crippen molar-refractivity contribution in [3.63, 3.8) is 0 Å². The van der Waals surface area contributed by atoms with E-state index in [2.05, 4.69) is 15.0 Å². The largest absolute Gasteiger partial charge is 0.336 e. The maximum absolute atomic E-state index is 12.7. The summed E-state index contributed by atoms with van der Waals surface area (Å²) in [5.74, 6) is 4.69. The van der Waals surface area contributed by atoms with Gasteiger partial charge < -0.3 is 5.84 Å². The molecule has 0 atom stereocenters. The van der Waals surface area contributed by atoms with E-state index in [0.29, 0.717) is 0 Å². The minimum atomic E-state index is -0.654. The highest BCUT2D eigenvalue weighted by Crippen LogP contribution is 2.07. The molecule has 0 spiro atoms. The Labute approximate surface area is 60.7 Å². The molecule has 0 aliphatic rings. The number of rotatable bonds is 0. The lowest BCUT2D eigenvalue weighted by atomic mass is 10.5. The Hall–Kier alpha value is -1.72. The van der Waals surface area contributed by atoms with Crippen molar-refractivity contribution < 1.29 is 4.39 Å². The van der Waals surface area contributed by atoms with E-state index < -0.39 is 5.95 Å². The van der Waals surface area contributed by atoms with Gasteiger partial charge >= 0.3 is 0 Å². The van der Waals surface area contributed by atoms with Crippen LogP contribution in [0.2, 0.25) is 0 Å². The molecule has 0 aromatic carbocycles. The SMILES string of the molecule is Nn1cnc2c(F)ncnc21. The molecule has 6 heteroatoms. The molecule has 2 N–H and O–H groups in total. The second-order valence-corrected chi connectivity index (χ2v) is 1.99. The third-order valence-electron chi connectivity index (χ3n) is 1.31. The first-order valence-electron chi connectivity index (χ1n) is 2.87. The first kappa shape index (κ1) is 6.02. The van der Waals surface area contributed by atoms with Gasteiger partial charge in [0.15, 0.2) is 11.2 Å². The quantitative estimate of drug-likeness (QED) is 0.416. The average molecular weight is 153 g/mol. The van der Waals surface area contributed by atoms with E-state index in [-0.39, 0.29) is 11.2 Å². The molecule has 2 aromatic rings. The van der Waals surface area contributed by atoms with Crippen LogP contribution in [-0.4, -0.2) is 19.6 Å². The molecule has 11 heavy (non-hydrogen) atoms. The second-order valence-electron chi connectivity index (χ2n) is 1.99. The number of nitrogen functional groups attached to an aromatic ring is 1. The smallest absolute Gasteiger partial charge is 0.244 e. The van der Waals surface area contributed by atoms with Gasteiger partial charge in [0.1, 0.15) is 12.7 Å². The first-order chi connectivity index (χ1) is 5.29. The Morgan fingerprint density at radius 1 is 1.36 bits per heavy atom. The normalized spacial score (nSPS) is 10.6. The summed E-state index contributed by atoms with van der Waals surface area (Å²) in [6, 6.07) is 0. The van der Waals surface area contributed by atoms with Crippen LogP contribution in [0.4, 0.5) is 4.39 Å². The van der Waals surface area contributed by atoms with E-state index >= 15 is 0 Å². The van der Waals surface area contributed by atoms with Crippen LogP contribution >= 0.6 is 0 Å². The van der Waals surface area contributed by atoms with Crippen LogP contribution in [0.1, 0.15) is 0 Å². The number of hydrogen-bond acceptors (Lipinski definition) is 4. The van der Waals surface area contributed by atoms with Gasteiger partial charge in [-0.2, -0.15) is 4.39 Å². The van der Waals surface area contributed by atoms with Crippen LogP contribution in [0, 0.1) is 5.95 Å². The van der Waals surface area contributed by atoms with Gasteiger partial charge in [-0.3, -0.25) is 0 Å². The summed E-state index contributed by atoms with van der Waals surface area (Å²) in [5.41, 5.74) is 0.382. The minimum Gasteiger partial charge on any atom is -0.336 e. The second kappa shape index (κ2) is 1.88. The van der Waals surface area contributed by atoms with Crippen molar-refractivity contribution in [3.05, 3.63) is 18.6 Å². The van der Waals surface area contributed by atoms with Gasteiger partial charge in [-0.25, -0.2) is 19.6 Å². The number of halogens is 1. The number of imidazole rings is 1. The minimum absolute atomic E-state index is 0.0926.